The predicted molar refractivity (Wildman–Crippen MR) is 353 cm³/mol. The van der Waals surface area contributed by atoms with Crippen LogP contribution in [-0.2, 0) is 19.7 Å². The minimum Gasteiger partial charge on any atom is -0.414 e. The number of benzene rings is 17. The molecule has 0 aromatic heterocycles. The van der Waals surface area contributed by atoms with Crippen LogP contribution in [0.4, 0.5) is 0 Å². The van der Waals surface area contributed by atoms with E-state index in [2.05, 4.69) is 26.2 Å². The molecule has 0 saturated heterocycles. The lowest BCUT2D eigenvalue weighted by atomic mass is 9.55. The summed E-state index contributed by atoms with van der Waals surface area (Å²) in [6.07, 6.45) is 13.7. The third-order valence-corrected chi connectivity index (χ3v) is 33.7. The van der Waals surface area contributed by atoms with Crippen molar-refractivity contribution in [2.45, 2.75) is 126 Å². The van der Waals surface area contributed by atoms with Gasteiger partial charge in [-0.05, 0) is 377 Å². The summed E-state index contributed by atoms with van der Waals surface area (Å²) < 4.78 is 16.2. The van der Waals surface area contributed by atoms with Crippen molar-refractivity contribution in [1.82, 2.24) is 0 Å². The highest BCUT2D eigenvalue weighted by Crippen LogP contribution is 2.85. The van der Waals surface area contributed by atoms with Crippen molar-refractivity contribution >= 4 is 297 Å². The van der Waals surface area contributed by atoms with E-state index in [0.29, 0.717) is 12.2 Å². The predicted octanol–water partition coefficient (Wildman–Crippen LogP) is 22.1. The van der Waals surface area contributed by atoms with Crippen LogP contribution < -0.4 is 0 Å². The first-order valence-corrected chi connectivity index (χ1v) is 38.7. The largest absolute Gasteiger partial charge is 0.414 e. The zero-order chi connectivity index (χ0) is 50.5. The van der Waals surface area contributed by atoms with Crippen LogP contribution in [0.5, 0.6) is 0 Å². The summed E-state index contributed by atoms with van der Waals surface area (Å²) in [7, 11) is -5.00. The van der Waals surface area contributed by atoms with Crippen LogP contribution in [0, 0.1) is 0 Å². The van der Waals surface area contributed by atoms with E-state index < -0.39 is 16.6 Å². The maximum absolute atomic E-state index is 8.09. The van der Waals surface area contributed by atoms with Gasteiger partial charge in [0, 0.05) is 23.0 Å². The summed E-state index contributed by atoms with van der Waals surface area (Å²) in [6, 6.07) is 2.26. The zero-order valence-electron chi connectivity index (χ0n) is 45.5. The molecule has 2 fully saturated rings. The molecule has 0 radical (unpaired) electrons. The molecule has 0 N–H and O–H groups in total. The van der Waals surface area contributed by atoms with Gasteiger partial charge >= 0.3 is 0 Å². The van der Waals surface area contributed by atoms with E-state index in [1.54, 1.807) is 291 Å². The van der Waals surface area contributed by atoms with Gasteiger partial charge in [0.25, 0.3) is 0 Å². The fourth-order valence-corrected chi connectivity index (χ4v) is 34.8. The van der Waals surface area contributed by atoms with Crippen LogP contribution in [0.2, 0.25) is 38.3 Å². The Morgan fingerprint density at radius 1 is 0.220 bits per heavy atom. The second kappa shape index (κ2) is 8.81. The lowest BCUT2D eigenvalue weighted by molar-refractivity contribution is 0.143. The molecular weight excluding hydrogens is 1030 g/mol. The van der Waals surface area contributed by atoms with Crippen LogP contribution in [0.15, 0.2) is 0 Å². The van der Waals surface area contributed by atoms with Crippen molar-refractivity contribution in [3.63, 3.8) is 0 Å². The summed E-state index contributed by atoms with van der Waals surface area (Å²) in [6.45, 7) is 10.9. The summed E-state index contributed by atoms with van der Waals surface area (Å²) >= 11 is 0. The van der Waals surface area contributed by atoms with Crippen molar-refractivity contribution in [3.05, 3.63) is 33.4 Å². The maximum Gasteiger partial charge on any atom is 0.188 e. The molecule has 27 aromatic rings. The Morgan fingerprint density at radius 2 is 0.366 bits per heavy atom. The molecule has 0 bridgehead atoms. The summed E-state index contributed by atoms with van der Waals surface area (Å²) in [5, 5.41) is 88.0. The average molecular weight is 1060 g/mol. The normalized spacial score (nSPS) is 23.6. The molecule has 7 aliphatic rings. The zero-order valence-corrected chi connectivity index (χ0v) is 47.5. The van der Waals surface area contributed by atoms with E-state index >= 15 is 0 Å². The van der Waals surface area contributed by atoms with E-state index in [4.69, 9.17) is 8.85 Å². The molecule has 4 heteroatoms. The van der Waals surface area contributed by atoms with E-state index in [9.17, 15) is 0 Å². The average Bonchev–Trinajstić information content (AvgIpc) is 1.39. The maximum atomic E-state index is 8.09. The molecule has 27 aromatic carbocycles. The molecule has 370 valence electrons. The molecule has 82 heavy (non-hydrogen) atoms. The highest BCUT2D eigenvalue weighted by atomic mass is 28.4. The molecule has 0 amide bonds. The SMILES string of the molecule is C[Si](C)(CC12c3c4c5c6c7c8c9c%10c(c1c1c%11c2c2c%12c3c5c3c5c%12c%12c2c2c%11c%11c%13c1c%10c1c%10c9c9c7c7c6c3c3c5c5c%12c6c2c%11c2c(c%131)c1c%10c9c9c7c3c3c9c1c2c6c53)C48C[Si](C)(C)OC1CCCCC1)OC1CCCCC1. The second-order valence-corrected chi connectivity index (χ2v) is 40.4. The van der Waals surface area contributed by atoms with Crippen LogP contribution in [-0.4, -0.2) is 28.8 Å². The Labute approximate surface area is 461 Å². The molecule has 34 rings (SSSR count). The van der Waals surface area contributed by atoms with Crippen molar-refractivity contribution in [1.29, 1.82) is 0 Å². The standard InChI is InChI=1S/C78H38O2Si2/c1-81(2,79-17-11-7-5-8-12-17)15-77-71-63-54-47-34-27-21-22-24-20-19-23(21)32(34)38-36-25(19)29-26(20)37-39-33(24)35-28(22)31-30(27)41-49-42(31)51-48(35)55-53(39)57-44(37)46-40(29)45-43(36)56(52(38)54)67(71)69-58(45)59(46)70-68(57)72-64(55)61(51)66-62(49)65(60(63)50(41)47)73(77)74(66)78(72,76(70)75(69)77)16-82(3,4)80-18-13-9-6-10-14-18/h17-18H,5-16H2,1-4H3. The van der Waals surface area contributed by atoms with Gasteiger partial charge in [-0.15, -0.1) is 0 Å². The summed E-state index contributed by atoms with van der Waals surface area (Å²) in [5.74, 6) is 0. The highest BCUT2D eigenvalue weighted by Gasteiger charge is 2.68. The first-order valence-electron chi connectivity index (χ1n) is 32.4. The quantitative estimate of drug-likeness (QED) is 0.112. The Morgan fingerprint density at radius 3 is 0.573 bits per heavy atom. The van der Waals surface area contributed by atoms with Gasteiger partial charge in [0.05, 0.1) is 0 Å². The third-order valence-electron chi connectivity index (χ3n) is 29.0. The van der Waals surface area contributed by atoms with Gasteiger partial charge in [0.1, 0.15) is 0 Å². The van der Waals surface area contributed by atoms with Crippen molar-refractivity contribution in [3.8, 4) is 0 Å². The smallest absolute Gasteiger partial charge is 0.188 e. The van der Waals surface area contributed by atoms with Gasteiger partial charge in [0.15, 0.2) is 16.6 Å². The van der Waals surface area contributed by atoms with E-state index in [1.807, 2.05) is 22.3 Å². The molecule has 2 nitrogen and oxygen atoms in total. The third kappa shape index (κ3) is 2.31. The lowest BCUT2D eigenvalue weighted by Gasteiger charge is -2.52. The van der Waals surface area contributed by atoms with Crippen molar-refractivity contribution < 1.29 is 8.85 Å². The molecular formula is C78H38O2Si2. The Kier molecular flexibility index (Phi) is 3.84. The molecule has 0 spiro atoms. The van der Waals surface area contributed by atoms with E-state index in [-0.39, 0.29) is 10.8 Å². The van der Waals surface area contributed by atoms with Crippen LogP contribution in [0.25, 0.3) is 280 Å². The van der Waals surface area contributed by atoms with Crippen LogP contribution in [0.3, 0.4) is 0 Å². The number of rotatable bonds is 8. The van der Waals surface area contributed by atoms with Crippen LogP contribution in [0.1, 0.15) is 97.6 Å². The first-order chi connectivity index (χ1) is 40.3. The minimum absolute atomic E-state index is 0.314. The fraction of sp³-hybridized carbons (Fsp3) is 0.256. The molecule has 2 unspecified atom stereocenters. The number of hydrogen-bond acceptors (Lipinski definition) is 2. The van der Waals surface area contributed by atoms with Gasteiger partial charge in [-0.1, -0.05) is 38.5 Å². The minimum atomic E-state index is -2.50. The highest BCUT2D eigenvalue weighted by molar-refractivity contribution is 6.82. The summed E-state index contributed by atoms with van der Waals surface area (Å²) in [5.41, 5.74) is 10.2. The Bertz CT molecular complexity index is 7180. The monoisotopic (exact) mass is 1060 g/mol. The number of hydrogen-bond donors (Lipinski definition) is 0. The van der Waals surface area contributed by atoms with Crippen LogP contribution >= 0.6 is 0 Å². The Hall–Kier alpha value is -7.19. The Balaban J connectivity index is 0.998. The van der Waals surface area contributed by atoms with Crippen molar-refractivity contribution in [2.24, 2.45) is 0 Å². The topological polar surface area (TPSA) is 18.5 Å². The van der Waals surface area contributed by atoms with Crippen molar-refractivity contribution in [2.75, 3.05) is 0 Å². The van der Waals surface area contributed by atoms with Gasteiger partial charge in [-0.3, -0.25) is 0 Å². The molecule has 7 aliphatic carbocycles. The van der Waals surface area contributed by atoms with Gasteiger partial charge < -0.3 is 8.85 Å². The van der Waals surface area contributed by atoms with E-state index in [0.717, 1.165) is 12.1 Å². The molecule has 2 atom stereocenters. The molecule has 0 aliphatic heterocycles. The van der Waals surface area contributed by atoms with Gasteiger partial charge in [-0.25, -0.2) is 0 Å². The fourth-order valence-electron chi connectivity index (χ4n) is 28.7. The van der Waals surface area contributed by atoms with Gasteiger partial charge in [0.2, 0.25) is 0 Å². The summed E-state index contributed by atoms with van der Waals surface area (Å²) in [4.78, 5) is 0. The van der Waals surface area contributed by atoms with E-state index in [1.165, 1.54) is 64.2 Å². The molecule has 0 heterocycles. The van der Waals surface area contributed by atoms with Gasteiger partial charge in [-0.2, -0.15) is 0 Å². The lowest BCUT2D eigenvalue weighted by Crippen LogP contribution is -2.51. The molecule has 2 saturated carbocycles. The first kappa shape index (κ1) is 35.7. The second-order valence-electron chi connectivity index (χ2n) is 32.2.